The Morgan fingerprint density at radius 3 is 0.563 bits per heavy atom. The topological polar surface area (TPSA) is 78.9 Å². The predicted octanol–water partition coefficient (Wildman–Crippen LogP) is 21.9. The van der Waals surface area contributed by atoms with Crippen molar-refractivity contribution >= 4 is 17.9 Å². The number of hydrogen-bond acceptors (Lipinski definition) is 6. The van der Waals surface area contributed by atoms with E-state index in [9.17, 15) is 14.4 Å². The molecule has 0 saturated heterocycles. The lowest BCUT2D eigenvalue weighted by Crippen LogP contribution is -2.30. The SMILES string of the molecule is CCCCCCCCCCCCCCCCCCCCCCCCCCCCCCC(=O)OCC(COC(=O)CCCCCCCCCCC)OC(=O)CCCCCCCCCCCCCCCCCC. The zero-order valence-corrected chi connectivity index (χ0v) is 48.5. The van der Waals surface area contributed by atoms with Crippen LogP contribution in [0.4, 0.5) is 0 Å². The van der Waals surface area contributed by atoms with Gasteiger partial charge in [-0.2, -0.15) is 0 Å². The van der Waals surface area contributed by atoms with Gasteiger partial charge in [-0.25, -0.2) is 0 Å². The van der Waals surface area contributed by atoms with Crippen LogP contribution in [0.3, 0.4) is 0 Å². The average molecular weight is 1000 g/mol. The molecule has 6 nitrogen and oxygen atoms in total. The fourth-order valence-electron chi connectivity index (χ4n) is 10.2. The summed E-state index contributed by atoms with van der Waals surface area (Å²) in [5.41, 5.74) is 0. The van der Waals surface area contributed by atoms with Gasteiger partial charge in [-0.3, -0.25) is 14.4 Å². The molecule has 0 aromatic heterocycles. The lowest BCUT2D eigenvalue weighted by atomic mass is 10.0. The molecule has 0 fully saturated rings. The van der Waals surface area contributed by atoms with E-state index in [2.05, 4.69) is 20.8 Å². The highest BCUT2D eigenvalue weighted by atomic mass is 16.6. The number of hydrogen-bond donors (Lipinski definition) is 0. The third-order valence-electron chi connectivity index (χ3n) is 15.1. The highest BCUT2D eigenvalue weighted by Gasteiger charge is 2.19. The van der Waals surface area contributed by atoms with Crippen molar-refractivity contribution in [2.75, 3.05) is 13.2 Å². The minimum Gasteiger partial charge on any atom is -0.462 e. The first-order valence-electron chi connectivity index (χ1n) is 32.5. The summed E-state index contributed by atoms with van der Waals surface area (Å²) >= 11 is 0. The van der Waals surface area contributed by atoms with Crippen LogP contribution in [0.1, 0.15) is 380 Å². The Morgan fingerprint density at radius 1 is 0.225 bits per heavy atom. The van der Waals surface area contributed by atoms with Gasteiger partial charge in [0.1, 0.15) is 13.2 Å². The van der Waals surface area contributed by atoms with Crippen LogP contribution in [0, 0.1) is 0 Å². The third-order valence-corrected chi connectivity index (χ3v) is 15.1. The first-order chi connectivity index (χ1) is 35.0. The molecule has 0 aliphatic carbocycles. The van der Waals surface area contributed by atoms with Crippen LogP contribution in [-0.4, -0.2) is 37.2 Å². The zero-order valence-electron chi connectivity index (χ0n) is 48.5. The van der Waals surface area contributed by atoms with Gasteiger partial charge in [0, 0.05) is 19.3 Å². The Kier molecular flexibility index (Phi) is 59.6. The van der Waals surface area contributed by atoms with E-state index in [1.54, 1.807) is 0 Å². The quantitative estimate of drug-likeness (QED) is 0.0343. The minimum absolute atomic E-state index is 0.0611. The predicted molar refractivity (Wildman–Crippen MR) is 307 cm³/mol. The Labute approximate surface area is 444 Å². The largest absolute Gasteiger partial charge is 0.462 e. The van der Waals surface area contributed by atoms with Crippen molar-refractivity contribution in [1.29, 1.82) is 0 Å². The fraction of sp³-hybridized carbons (Fsp3) is 0.954. The van der Waals surface area contributed by atoms with E-state index in [0.717, 1.165) is 57.8 Å². The maximum Gasteiger partial charge on any atom is 0.306 e. The van der Waals surface area contributed by atoms with Crippen molar-refractivity contribution in [3.63, 3.8) is 0 Å². The lowest BCUT2D eigenvalue weighted by Gasteiger charge is -2.18. The van der Waals surface area contributed by atoms with Gasteiger partial charge >= 0.3 is 17.9 Å². The molecule has 0 spiro atoms. The number of rotatable bonds is 61. The van der Waals surface area contributed by atoms with Gasteiger partial charge < -0.3 is 14.2 Å². The highest BCUT2D eigenvalue weighted by molar-refractivity contribution is 5.71. The molecule has 0 saturated carbocycles. The van der Waals surface area contributed by atoms with Crippen molar-refractivity contribution in [3.05, 3.63) is 0 Å². The maximum absolute atomic E-state index is 12.8. The van der Waals surface area contributed by atoms with Crippen LogP contribution in [0.2, 0.25) is 0 Å². The van der Waals surface area contributed by atoms with Crippen molar-refractivity contribution in [2.45, 2.75) is 386 Å². The lowest BCUT2D eigenvalue weighted by molar-refractivity contribution is -0.167. The molecule has 0 rings (SSSR count). The van der Waals surface area contributed by atoms with Crippen LogP contribution in [-0.2, 0) is 28.6 Å². The van der Waals surface area contributed by atoms with E-state index in [1.165, 1.54) is 283 Å². The summed E-state index contributed by atoms with van der Waals surface area (Å²) in [5.74, 6) is -0.833. The Hall–Kier alpha value is -1.59. The van der Waals surface area contributed by atoms with Gasteiger partial charge in [0.2, 0.25) is 0 Å². The summed E-state index contributed by atoms with van der Waals surface area (Å²) in [6.45, 7) is 6.70. The molecule has 0 amide bonds. The summed E-state index contributed by atoms with van der Waals surface area (Å²) in [7, 11) is 0. The van der Waals surface area contributed by atoms with Gasteiger partial charge in [-0.05, 0) is 19.3 Å². The summed E-state index contributed by atoms with van der Waals surface area (Å²) in [5, 5.41) is 0. The molecule has 422 valence electrons. The molecule has 0 heterocycles. The van der Waals surface area contributed by atoms with Crippen molar-refractivity contribution in [3.8, 4) is 0 Å². The van der Waals surface area contributed by atoms with Crippen LogP contribution in [0.15, 0.2) is 0 Å². The molecule has 0 aliphatic heterocycles. The van der Waals surface area contributed by atoms with Crippen molar-refractivity contribution < 1.29 is 28.6 Å². The molecule has 0 aliphatic rings. The average Bonchev–Trinajstić information content (AvgIpc) is 3.37. The normalized spacial score (nSPS) is 11.9. The van der Waals surface area contributed by atoms with E-state index in [4.69, 9.17) is 14.2 Å². The number of ether oxygens (including phenoxy) is 3. The second kappa shape index (κ2) is 61.0. The molecular formula is C65H126O6. The third kappa shape index (κ3) is 59.2. The van der Waals surface area contributed by atoms with E-state index >= 15 is 0 Å². The second-order valence-corrected chi connectivity index (χ2v) is 22.4. The van der Waals surface area contributed by atoms with Gasteiger partial charge in [0.25, 0.3) is 0 Å². The van der Waals surface area contributed by atoms with Crippen LogP contribution >= 0.6 is 0 Å². The van der Waals surface area contributed by atoms with Crippen molar-refractivity contribution in [2.24, 2.45) is 0 Å². The maximum atomic E-state index is 12.8. The fourth-order valence-corrected chi connectivity index (χ4v) is 10.2. The molecule has 6 heteroatoms. The molecule has 0 bridgehead atoms. The summed E-state index contributed by atoms with van der Waals surface area (Å²) < 4.78 is 16.9. The van der Waals surface area contributed by atoms with Crippen molar-refractivity contribution in [1.82, 2.24) is 0 Å². The Balaban J connectivity index is 4.05. The van der Waals surface area contributed by atoms with Crippen LogP contribution in [0.25, 0.3) is 0 Å². The smallest absolute Gasteiger partial charge is 0.306 e. The first-order valence-corrected chi connectivity index (χ1v) is 32.5. The molecule has 0 N–H and O–H groups in total. The zero-order chi connectivity index (χ0) is 51.4. The van der Waals surface area contributed by atoms with E-state index < -0.39 is 6.10 Å². The van der Waals surface area contributed by atoms with Gasteiger partial charge in [0.05, 0.1) is 0 Å². The molecule has 1 unspecified atom stereocenters. The molecule has 0 aromatic carbocycles. The van der Waals surface area contributed by atoms with Gasteiger partial charge in [0.15, 0.2) is 6.10 Å². The second-order valence-electron chi connectivity index (χ2n) is 22.4. The Bertz CT molecular complexity index is 1060. The van der Waals surface area contributed by atoms with Crippen LogP contribution < -0.4 is 0 Å². The monoisotopic (exact) mass is 1000 g/mol. The summed E-state index contributed by atoms with van der Waals surface area (Å²) in [6.07, 6.45) is 70.0. The summed E-state index contributed by atoms with van der Waals surface area (Å²) in [6, 6.07) is 0. The van der Waals surface area contributed by atoms with E-state index in [-0.39, 0.29) is 31.1 Å². The molecule has 71 heavy (non-hydrogen) atoms. The van der Waals surface area contributed by atoms with Crippen LogP contribution in [0.5, 0.6) is 0 Å². The number of unbranched alkanes of at least 4 members (excludes halogenated alkanes) is 50. The van der Waals surface area contributed by atoms with E-state index in [1.807, 2.05) is 0 Å². The van der Waals surface area contributed by atoms with E-state index in [0.29, 0.717) is 19.3 Å². The van der Waals surface area contributed by atoms with Gasteiger partial charge in [-0.15, -0.1) is 0 Å². The van der Waals surface area contributed by atoms with Gasteiger partial charge in [-0.1, -0.05) is 342 Å². The number of carbonyl (C=O) groups is 3. The minimum atomic E-state index is -0.761. The Morgan fingerprint density at radius 2 is 0.380 bits per heavy atom. The molecular weight excluding hydrogens is 877 g/mol. The highest BCUT2D eigenvalue weighted by Crippen LogP contribution is 2.19. The number of esters is 3. The summed E-state index contributed by atoms with van der Waals surface area (Å²) in [4.78, 5) is 38.1. The molecule has 0 aromatic rings. The number of carbonyl (C=O) groups excluding carboxylic acids is 3. The standard InChI is InChI=1S/C65H126O6/c1-4-7-10-13-16-19-21-23-25-27-28-29-30-31-32-33-34-35-36-37-38-40-41-43-46-49-52-55-58-64(67)70-61-62(60-69-63(66)57-54-51-48-45-18-15-12-9-6-3)71-65(68)59-56-53-50-47-44-42-39-26-24-22-20-17-14-11-8-5-2/h62H,4-61H2,1-3H3. The first kappa shape index (κ1) is 69.4. The molecule has 0 radical (unpaired) electrons. The molecule has 1 atom stereocenters.